The molecule has 1 aromatic heterocycles. The van der Waals surface area contributed by atoms with Crippen molar-refractivity contribution >= 4 is 5.91 Å². The number of rotatable bonds is 6. The molecule has 1 aliphatic rings. The molecule has 1 heterocycles. The largest absolute Gasteiger partial charge is 0.456 e. The summed E-state index contributed by atoms with van der Waals surface area (Å²) < 4.78 is 5.80. The molecule has 2 aromatic rings. The van der Waals surface area contributed by atoms with Crippen molar-refractivity contribution in [2.24, 2.45) is 0 Å². The maximum absolute atomic E-state index is 12.4. The molecule has 3 rings (SSSR count). The zero-order valence-corrected chi connectivity index (χ0v) is 19.1. The molecule has 1 amide bonds. The summed E-state index contributed by atoms with van der Waals surface area (Å²) in [5.41, 5.74) is 4.51. The Hall–Kier alpha value is -2.11. The highest BCUT2D eigenvalue weighted by Gasteiger charge is 2.37. The van der Waals surface area contributed by atoms with Crippen LogP contribution < -0.4 is 5.32 Å². The fraction of sp³-hybridized carbons (Fsp3) is 0.560. The van der Waals surface area contributed by atoms with Crippen molar-refractivity contribution in [1.29, 1.82) is 0 Å². The minimum absolute atomic E-state index is 0.139. The number of benzene rings is 1. The number of fused-ring (bicyclic) bond motifs is 1. The Kier molecular flexibility index (Phi) is 5.91. The van der Waals surface area contributed by atoms with Gasteiger partial charge in [0.25, 0.3) is 5.91 Å². The van der Waals surface area contributed by atoms with Crippen LogP contribution in [0.2, 0.25) is 0 Å². The Morgan fingerprint density at radius 1 is 1.07 bits per heavy atom. The number of amides is 1. The smallest absolute Gasteiger partial charge is 0.287 e. The van der Waals surface area contributed by atoms with Gasteiger partial charge < -0.3 is 19.9 Å². The lowest BCUT2D eigenvalue weighted by molar-refractivity contribution is 0.0699. The number of furan rings is 1. The minimum Gasteiger partial charge on any atom is -0.456 e. The standard InChI is InChI=1S/C25H35NO4/c1-16-11-19-20(24(4,5)10-9-23(19,2)3)13-17(16)12-18-7-8-21(30-18)22(29)26-25(6,14-27)15-28/h7-8,11,13,27-28H,9-10,12,14-15H2,1-6H3,(H,26,29). The van der Waals surface area contributed by atoms with Crippen LogP contribution in [0, 0.1) is 6.92 Å². The van der Waals surface area contributed by atoms with E-state index in [0.29, 0.717) is 12.2 Å². The van der Waals surface area contributed by atoms with Crippen LogP contribution in [0.25, 0.3) is 0 Å². The van der Waals surface area contributed by atoms with E-state index in [9.17, 15) is 15.0 Å². The maximum Gasteiger partial charge on any atom is 0.287 e. The molecular weight excluding hydrogens is 378 g/mol. The van der Waals surface area contributed by atoms with Crippen LogP contribution >= 0.6 is 0 Å². The van der Waals surface area contributed by atoms with Crippen molar-refractivity contribution in [3.63, 3.8) is 0 Å². The van der Waals surface area contributed by atoms with E-state index >= 15 is 0 Å². The molecule has 0 bridgehead atoms. The minimum atomic E-state index is -1.09. The molecule has 164 valence electrons. The van der Waals surface area contributed by atoms with E-state index in [2.05, 4.69) is 52.1 Å². The highest BCUT2D eigenvalue weighted by atomic mass is 16.4. The van der Waals surface area contributed by atoms with Crippen LogP contribution in [0.15, 0.2) is 28.7 Å². The molecule has 0 unspecified atom stereocenters. The predicted octanol–water partition coefficient (Wildman–Crippen LogP) is 4.00. The lowest BCUT2D eigenvalue weighted by Crippen LogP contribution is -2.51. The van der Waals surface area contributed by atoms with E-state index < -0.39 is 11.4 Å². The first-order chi connectivity index (χ1) is 13.9. The van der Waals surface area contributed by atoms with Crippen molar-refractivity contribution in [1.82, 2.24) is 5.32 Å². The molecule has 0 aliphatic heterocycles. The quantitative estimate of drug-likeness (QED) is 0.668. The van der Waals surface area contributed by atoms with Gasteiger partial charge in [-0.25, -0.2) is 0 Å². The summed E-state index contributed by atoms with van der Waals surface area (Å²) in [5, 5.41) is 21.4. The van der Waals surface area contributed by atoms with Gasteiger partial charge >= 0.3 is 0 Å². The molecule has 5 nitrogen and oxygen atoms in total. The van der Waals surface area contributed by atoms with Crippen LogP contribution in [0.3, 0.4) is 0 Å². The molecule has 3 N–H and O–H groups in total. The zero-order chi connectivity index (χ0) is 22.3. The Bertz CT molecular complexity index is 935. The van der Waals surface area contributed by atoms with Crippen molar-refractivity contribution in [3.05, 3.63) is 58.0 Å². The van der Waals surface area contributed by atoms with Crippen molar-refractivity contribution < 1.29 is 19.4 Å². The number of hydrogen-bond donors (Lipinski definition) is 3. The third kappa shape index (κ3) is 4.33. The molecule has 0 spiro atoms. The lowest BCUT2D eigenvalue weighted by atomic mass is 9.62. The summed E-state index contributed by atoms with van der Waals surface area (Å²) >= 11 is 0. The Morgan fingerprint density at radius 3 is 2.20 bits per heavy atom. The summed E-state index contributed by atoms with van der Waals surface area (Å²) in [6.45, 7) is 12.3. The van der Waals surface area contributed by atoms with E-state index in [1.54, 1.807) is 13.0 Å². The van der Waals surface area contributed by atoms with Gasteiger partial charge in [0.1, 0.15) is 5.76 Å². The highest BCUT2D eigenvalue weighted by molar-refractivity contribution is 5.92. The molecule has 1 aromatic carbocycles. The van der Waals surface area contributed by atoms with Crippen LogP contribution in [-0.4, -0.2) is 34.9 Å². The third-order valence-electron chi connectivity index (χ3n) is 6.67. The lowest BCUT2D eigenvalue weighted by Gasteiger charge is -2.42. The third-order valence-corrected chi connectivity index (χ3v) is 6.67. The Balaban J connectivity index is 1.86. The van der Waals surface area contributed by atoms with Gasteiger partial charge in [-0.15, -0.1) is 0 Å². The molecule has 0 saturated heterocycles. The van der Waals surface area contributed by atoms with Gasteiger partial charge in [-0.05, 0) is 71.9 Å². The van der Waals surface area contributed by atoms with Crippen LogP contribution in [-0.2, 0) is 17.3 Å². The number of aliphatic hydroxyl groups excluding tert-OH is 2. The first kappa shape index (κ1) is 22.6. The predicted molar refractivity (Wildman–Crippen MR) is 118 cm³/mol. The SMILES string of the molecule is Cc1cc2c(cc1Cc1ccc(C(=O)NC(C)(CO)CO)o1)C(C)(C)CCC2(C)C. The first-order valence-electron chi connectivity index (χ1n) is 10.7. The monoisotopic (exact) mass is 413 g/mol. The van der Waals surface area contributed by atoms with Crippen molar-refractivity contribution in [2.75, 3.05) is 13.2 Å². The molecule has 0 saturated carbocycles. The average molecular weight is 414 g/mol. The van der Waals surface area contributed by atoms with Gasteiger partial charge in [0.05, 0.1) is 18.8 Å². The number of carbonyl (C=O) groups is 1. The molecule has 0 fully saturated rings. The number of nitrogens with one attached hydrogen (secondary N) is 1. The summed E-state index contributed by atoms with van der Waals surface area (Å²) in [6, 6.07) is 8.11. The van der Waals surface area contributed by atoms with E-state index in [1.807, 2.05) is 6.07 Å². The summed E-state index contributed by atoms with van der Waals surface area (Å²) in [6.07, 6.45) is 2.96. The van der Waals surface area contributed by atoms with E-state index in [4.69, 9.17) is 4.42 Å². The number of aliphatic hydroxyl groups is 2. The second-order valence-corrected chi connectivity index (χ2v) is 10.4. The molecule has 0 radical (unpaired) electrons. The molecule has 1 aliphatic carbocycles. The normalized spacial score (nSPS) is 17.5. The van der Waals surface area contributed by atoms with E-state index in [1.165, 1.54) is 28.7 Å². The summed E-state index contributed by atoms with van der Waals surface area (Å²) in [4.78, 5) is 12.4. The average Bonchev–Trinajstić information content (AvgIpc) is 3.15. The van der Waals surface area contributed by atoms with Crippen LogP contribution in [0.5, 0.6) is 0 Å². The fourth-order valence-electron chi connectivity index (χ4n) is 4.20. The van der Waals surface area contributed by atoms with Crippen molar-refractivity contribution in [3.8, 4) is 0 Å². The Morgan fingerprint density at radius 2 is 1.63 bits per heavy atom. The van der Waals surface area contributed by atoms with Gasteiger partial charge in [-0.2, -0.15) is 0 Å². The van der Waals surface area contributed by atoms with Gasteiger partial charge in [-0.1, -0.05) is 39.8 Å². The Labute approximate surface area is 179 Å². The second-order valence-electron chi connectivity index (χ2n) is 10.4. The zero-order valence-electron chi connectivity index (χ0n) is 19.1. The molecule has 0 atom stereocenters. The molecule has 30 heavy (non-hydrogen) atoms. The second kappa shape index (κ2) is 7.86. The van der Waals surface area contributed by atoms with Gasteiger partial charge in [0, 0.05) is 6.42 Å². The van der Waals surface area contributed by atoms with E-state index in [-0.39, 0.29) is 29.8 Å². The van der Waals surface area contributed by atoms with Crippen LogP contribution in [0.4, 0.5) is 0 Å². The van der Waals surface area contributed by atoms with E-state index in [0.717, 1.165) is 6.42 Å². The van der Waals surface area contributed by atoms with Gasteiger partial charge in [0.15, 0.2) is 5.76 Å². The van der Waals surface area contributed by atoms with Crippen molar-refractivity contribution in [2.45, 2.75) is 77.2 Å². The first-order valence-corrected chi connectivity index (χ1v) is 10.7. The maximum atomic E-state index is 12.4. The van der Waals surface area contributed by atoms with Gasteiger partial charge in [0.2, 0.25) is 0 Å². The van der Waals surface area contributed by atoms with Crippen LogP contribution in [0.1, 0.15) is 86.0 Å². The molecular formula is C25H35NO4. The summed E-state index contributed by atoms with van der Waals surface area (Å²) in [7, 11) is 0. The molecule has 5 heteroatoms. The summed E-state index contributed by atoms with van der Waals surface area (Å²) in [5.74, 6) is 0.442. The number of aryl methyl sites for hydroxylation is 1. The number of hydrogen-bond acceptors (Lipinski definition) is 4. The number of carbonyl (C=O) groups excluding carboxylic acids is 1. The van der Waals surface area contributed by atoms with Gasteiger partial charge in [-0.3, -0.25) is 4.79 Å². The topological polar surface area (TPSA) is 82.7 Å². The highest BCUT2D eigenvalue weighted by Crippen LogP contribution is 2.46. The fourth-order valence-corrected chi connectivity index (χ4v) is 4.20.